The van der Waals surface area contributed by atoms with Crippen LogP contribution in [0.15, 0.2) is 18.2 Å². The molecule has 0 fully saturated rings. The second kappa shape index (κ2) is 8.50. The van der Waals surface area contributed by atoms with Gasteiger partial charge in [0.15, 0.2) is 0 Å². The van der Waals surface area contributed by atoms with E-state index in [1.165, 1.54) is 0 Å². The van der Waals surface area contributed by atoms with Gasteiger partial charge in [-0.3, -0.25) is 4.79 Å². The predicted molar refractivity (Wildman–Crippen MR) is 73.3 cm³/mol. The lowest BCUT2D eigenvalue weighted by molar-refractivity contribution is -0.116. The SMILES string of the molecule is CCOc1ccc(NC(=O)CCCOC)cc1CO. The third-order valence-electron chi connectivity index (χ3n) is 2.57. The Labute approximate surface area is 113 Å². The van der Waals surface area contributed by atoms with Gasteiger partial charge in [0, 0.05) is 31.4 Å². The molecule has 5 nitrogen and oxygen atoms in total. The molecule has 1 aromatic carbocycles. The molecule has 19 heavy (non-hydrogen) atoms. The number of benzene rings is 1. The Bertz CT molecular complexity index is 406. The number of amides is 1. The minimum atomic E-state index is -0.122. The average molecular weight is 267 g/mol. The van der Waals surface area contributed by atoms with Crippen molar-refractivity contribution in [3.8, 4) is 5.75 Å². The highest BCUT2D eigenvalue weighted by Gasteiger charge is 2.06. The van der Waals surface area contributed by atoms with Crippen LogP contribution in [0.3, 0.4) is 0 Å². The zero-order chi connectivity index (χ0) is 14.1. The van der Waals surface area contributed by atoms with Gasteiger partial charge in [-0.2, -0.15) is 0 Å². The molecular weight excluding hydrogens is 246 g/mol. The van der Waals surface area contributed by atoms with Crippen LogP contribution < -0.4 is 10.1 Å². The lowest BCUT2D eigenvalue weighted by Crippen LogP contribution is -2.12. The standard InChI is InChI=1S/C14H21NO4/c1-3-19-13-7-6-12(9-11(13)10-16)15-14(17)5-4-8-18-2/h6-7,9,16H,3-5,8,10H2,1-2H3,(H,15,17). The van der Waals surface area contributed by atoms with E-state index in [1.807, 2.05) is 6.92 Å². The second-order valence-corrected chi connectivity index (χ2v) is 4.06. The zero-order valence-corrected chi connectivity index (χ0v) is 11.4. The lowest BCUT2D eigenvalue weighted by Gasteiger charge is -2.11. The quantitative estimate of drug-likeness (QED) is 0.706. The topological polar surface area (TPSA) is 67.8 Å². The molecule has 0 saturated carbocycles. The fourth-order valence-electron chi connectivity index (χ4n) is 1.68. The first-order chi connectivity index (χ1) is 9.21. The van der Waals surface area contributed by atoms with Crippen LogP contribution in [0, 0.1) is 0 Å². The normalized spacial score (nSPS) is 10.3. The molecule has 0 unspecified atom stereocenters. The lowest BCUT2D eigenvalue weighted by atomic mass is 10.2. The summed E-state index contributed by atoms with van der Waals surface area (Å²) in [6.07, 6.45) is 1.10. The molecule has 0 aliphatic rings. The number of hydrogen-bond donors (Lipinski definition) is 2. The number of ether oxygens (including phenoxy) is 2. The van der Waals surface area contributed by atoms with Crippen LogP contribution in [0.1, 0.15) is 25.3 Å². The van der Waals surface area contributed by atoms with Crippen molar-refractivity contribution in [3.63, 3.8) is 0 Å². The summed E-state index contributed by atoms with van der Waals surface area (Å²) in [4.78, 5) is 11.6. The number of hydrogen-bond acceptors (Lipinski definition) is 4. The maximum Gasteiger partial charge on any atom is 0.224 e. The smallest absolute Gasteiger partial charge is 0.224 e. The van der Waals surface area contributed by atoms with E-state index in [1.54, 1.807) is 25.3 Å². The van der Waals surface area contributed by atoms with Gasteiger partial charge in [0.1, 0.15) is 5.75 Å². The minimum absolute atomic E-state index is 0.0647. The Morgan fingerprint density at radius 2 is 2.21 bits per heavy atom. The van der Waals surface area contributed by atoms with Crippen LogP contribution in [0.5, 0.6) is 5.75 Å². The van der Waals surface area contributed by atoms with Crippen LogP contribution >= 0.6 is 0 Å². The van der Waals surface area contributed by atoms with E-state index in [9.17, 15) is 9.90 Å². The highest BCUT2D eigenvalue weighted by molar-refractivity contribution is 5.90. The predicted octanol–water partition coefficient (Wildman–Crippen LogP) is 1.94. The van der Waals surface area contributed by atoms with Crippen LogP contribution in [-0.4, -0.2) is 31.3 Å². The fourth-order valence-corrected chi connectivity index (χ4v) is 1.68. The summed E-state index contributed by atoms with van der Waals surface area (Å²) in [5.41, 5.74) is 1.33. The van der Waals surface area contributed by atoms with Crippen LogP contribution in [-0.2, 0) is 16.1 Å². The molecule has 106 valence electrons. The van der Waals surface area contributed by atoms with E-state index >= 15 is 0 Å². The monoisotopic (exact) mass is 267 g/mol. The molecule has 0 atom stereocenters. The molecule has 1 amide bonds. The fraction of sp³-hybridized carbons (Fsp3) is 0.500. The van der Waals surface area contributed by atoms with Gasteiger partial charge in [-0.25, -0.2) is 0 Å². The Kier molecular flexibility index (Phi) is 6.92. The summed E-state index contributed by atoms with van der Waals surface area (Å²) in [7, 11) is 1.61. The molecule has 0 bridgehead atoms. The average Bonchev–Trinajstić information content (AvgIpc) is 2.41. The summed E-state index contributed by atoms with van der Waals surface area (Å²) in [6, 6.07) is 5.23. The van der Waals surface area contributed by atoms with Gasteiger partial charge < -0.3 is 19.9 Å². The summed E-state index contributed by atoms with van der Waals surface area (Å²) in [5, 5.41) is 12.1. The summed E-state index contributed by atoms with van der Waals surface area (Å²) in [6.45, 7) is 2.86. The Morgan fingerprint density at radius 3 is 2.84 bits per heavy atom. The Hall–Kier alpha value is -1.59. The van der Waals surface area contributed by atoms with Gasteiger partial charge in [0.05, 0.1) is 13.2 Å². The van der Waals surface area contributed by atoms with Crippen molar-refractivity contribution in [1.82, 2.24) is 0 Å². The number of carbonyl (C=O) groups excluding carboxylic acids is 1. The van der Waals surface area contributed by atoms with Crippen LogP contribution in [0.4, 0.5) is 5.69 Å². The molecule has 2 N–H and O–H groups in total. The van der Waals surface area contributed by atoms with Crippen molar-refractivity contribution < 1.29 is 19.4 Å². The molecule has 0 aliphatic carbocycles. The number of anilines is 1. The van der Waals surface area contributed by atoms with E-state index in [-0.39, 0.29) is 12.5 Å². The first-order valence-electron chi connectivity index (χ1n) is 6.36. The van der Waals surface area contributed by atoms with Gasteiger partial charge in [-0.05, 0) is 31.5 Å². The van der Waals surface area contributed by atoms with Gasteiger partial charge in [-0.15, -0.1) is 0 Å². The molecule has 0 aliphatic heterocycles. The molecule has 1 aromatic rings. The molecule has 5 heteroatoms. The summed E-state index contributed by atoms with van der Waals surface area (Å²) < 4.78 is 10.3. The van der Waals surface area contributed by atoms with Crippen molar-refractivity contribution in [2.24, 2.45) is 0 Å². The molecule has 0 heterocycles. The number of rotatable bonds is 8. The van der Waals surface area contributed by atoms with E-state index in [2.05, 4.69) is 5.32 Å². The van der Waals surface area contributed by atoms with E-state index in [4.69, 9.17) is 9.47 Å². The van der Waals surface area contributed by atoms with E-state index < -0.39 is 0 Å². The highest BCUT2D eigenvalue weighted by Crippen LogP contribution is 2.23. The maximum atomic E-state index is 11.6. The first-order valence-corrected chi connectivity index (χ1v) is 6.36. The number of methoxy groups -OCH3 is 1. The summed E-state index contributed by atoms with van der Waals surface area (Å²) in [5.74, 6) is 0.576. The van der Waals surface area contributed by atoms with E-state index in [0.29, 0.717) is 43.1 Å². The van der Waals surface area contributed by atoms with Gasteiger partial charge in [0.2, 0.25) is 5.91 Å². The van der Waals surface area contributed by atoms with Crippen molar-refractivity contribution in [1.29, 1.82) is 0 Å². The van der Waals surface area contributed by atoms with Crippen LogP contribution in [0.25, 0.3) is 0 Å². The van der Waals surface area contributed by atoms with E-state index in [0.717, 1.165) is 0 Å². The van der Waals surface area contributed by atoms with Gasteiger partial charge in [0.25, 0.3) is 0 Å². The van der Waals surface area contributed by atoms with Gasteiger partial charge in [-0.1, -0.05) is 0 Å². The van der Waals surface area contributed by atoms with Crippen molar-refractivity contribution in [2.45, 2.75) is 26.4 Å². The van der Waals surface area contributed by atoms with Crippen LogP contribution in [0.2, 0.25) is 0 Å². The second-order valence-electron chi connectivity index (χ2n) is 4.06. The molecule has 1 rings (SSSR count). The van der Waals surface area contributed by atoms with Gasteiger partial charge >= 0.3 is 0 Å². The molecule has 0 saturated heterocycles. The number of aliphatic hydroxyl groups is 1. The first kappa shape index (κ1) is 15.5. The number of nitrogens with one attached hydrogen (secondary N) is 1. The van der Waals surface area contributed by atoms with Crippen molar-refractivity contribution in [3.05, 3.63) is 23.8 Å². The maximum absolute atomic E-state index is 11.6. The largest absolute Gasteiger partial charge is 0.494 e. The zero-order valence-electron chi connectivity index (χ0n) is 11.4. The molecule has 0 aromatic heterocycles. The Balaban J connectivity index is 2.61. The molecule has 0 radical (unpaired) electrons. The molecular formula is C14H21NO4. The third kappa shape index (κ3) is 5.28. The minimum Gasteiger partial charge on any atom is -0.494 e. The number of carbonyl (C=O) groups is 1. The Morgan fingerprint density at radius 1 is 1.42 bits per heavy atom. The summed E-state index contributed by atoms with van der Waals surface area (Å²) >= 11 is 0. The van der Waals surface area contributed by atoms with Crippen molar-refractivity contribution >= 4 is 11.6 Å². The molecule has 0 spiro atoms. The number of aliphatic hydroxyl groups excluding tert-OH is 1. The van der Waals surface area contributed by atoms with Crippen molar-refractivity contribution in [2.75, 3.05) is 25.6 Å². The third-order valence-corrected chi connectivity index (χ3v) is 2.57. The highest BCUT2D eigenvalue weighted by atomic mass is 16.5.